The molecule has 8 nitrogen and oxygen atoms in total. The van der Waals surface area contributed by atoms with E-state index in [2.05, 4.69) is 10.4 Å². The highest BCUT2D eigenvalue weighted by Gasteiger charge is 2.22. The summed E-state index contributed by atoms with van der Waals surface area (Å²) in [5, 5.41) is 8.64. The number of hydrogen-bond donors (Lipinski definition) is 2. The Bertz CT molecular complexity index is 992. The number of nitrogens with zero attached hydrogens (tertiary/aromatic N) is 3. The van der Waals surface area contributed by atoms with Crippen LogP contribution >= 0.6 is 0 Å². The molecule has 3 aromatic rings. The van der Waals surface area contributed by atoms with Crippen LogP contribution in [-0.4, -0.2) is 34.1 Å². The Morgan fingerprint density at radius 2 is 1.93 bits per heavy atom. The molecule has 0 fully saturated rings. The van der Waals surface area contributed by atoms with Crippen molar-refractivity contribution in [2.45, 2.75) is 13.1 Å². The minimum atomic E-state index is -0.538. The highest BCUT2D eigenvalue weighted by Crippen LogP contribution is 2.32. The van der Waals surface area contributed by atoms with Gasteiger partial charge in [-0.05, 0) is 35.4 Å². The number of amides is 1. The van der Waals surface area contributed by atoms with E-state index in [-0.39, 0.29) is 0 Å². The molecule has 0 saturated heterocycles. The summed E-state index contributed by atoms with van der Waals surface area (Å²) in [4.78, 5) is 17.9. The number of carbonyl (C=O) groups is 1. The fraction of sp³-hybridized carbons (Fsp3) is 0.238. The van der Waals surface area contributed by atoms with Gasteiger partial charge in [0, 0.05) is 31.0 Å². The van der Waals surface area contributed by atoms with Crippen LogP contribution in [0.5, 0.6) is 5.75 Å². The molecule has 1 aliphatic heterocycles. The molecule has 0 radical (unpaired) electrons. The minimum absolute atomic E-state index is 0.398. The number of hydroxylamine groups is 2. The fourth-order valence-corrected chi connectivity index (χ4v) is 3.37. The Balaban J connectivity index is 1.47. The fourth-order valence-electron chi connectivity index (χ4n) is 3.37. The summed E-state index contributed by atoms with van der Waals surface area (Å²) in [6.45, 7) is 1.97. The number of nitrogens with one attached hydrogen (secondary N) is 1. The van der Waals surface area contributed by atoms with E-state index >= 15 is 0 Å². The van der Waals surface area contributed by atoms with Crippen LogP contribution in [-0.2, 0) is 25.0 Å². The SMILES string of the molecule is Cn1nccc1-c1cc(NC(=O)ON2Cc3ccccc3C2)ccc1OCCN. The van der Waals surface area contributed by atoms with Crippen LogP contribution in [0.2, 0.25) is 0 Å². The van der Waals surface area contributed by atoms with Crippen molar-refractivity contribution in [2.24, 2.45) is 12.8 Å². The molecule has 29 heavy (non-hydrogen) atoms. The average Bonchev–Trinajstić information content (AvgIpc) is 3.32. The van der Waals surface area contributed by atoms with Gasteiger partial charge in [0.1, 0.15) is 12.4 Å². The number of benzene rings is 2. The largest absolute Gasteiger partial charge is 0.492 e. The van der Waals surface area contributed by atoms with Crippen molar-refractivity contribution in [3.63, 3.8) is 0 Å². The summed E-state index contributed by atoms with van der Waals surface area (Å²) in [5.41, 5.74) is 10.2. The normalized spacial score (nSPS) is 13.2. The summed E-state index contributed by atoms with van der Waals surface area (Å²) >= 11 is 0. The first-order chi connectivity index (χ1) is 14.1. The number of ether oxygens (including phenoxy) is 1. The zero-order chi connectivity index (χ0) is 20.2. The van der Waals surface area contributed by atoms with Gasteiger partial charge in [-0.25, -0.2) is 4.79 Å². The Morgan fingerprint density at radius 3 is 2.59 bits per heavy atom. The number of nitrogens with two attached hydrogens (primary N) is 1. The van der Waals surface area contributed by atoms with Crippen molar-refractivity contribution in [1.82, 2.24) is 14.8 Å². The quantitative estimate of drug-likeness (QED) is 0.669. The predicted octanol–water partition coefficient (Wildman–Crippen LogP) is 2.90. The maximum absolute atomic E-state index is 12.4. The highest BCUT2D eigenvalue weighted by atomic mass is 16.7. The molecular formula is C21H23N5O3. The van der Waals surface area contributed by atoms with Gasteiger partial charge in [0.15, 0.2) is 0 Å². The monoisotopic (exact) mass is 393 g/mol. The van der Waals surface area contributed by atoms with E-state index in [4.69, 9.17) is 15.3 Å². The lowest BCUT2D eigenvalue weighted by Crippen LogP contribution is -2.25. The number of rotatable bonds is 6. The molecule has 8 heteroatoms. The number of carbonyl (C=O) groups excluding carboxylic acids is 1. The molecule has 1 aliphatic rings. The molecule has 1 amide bonds. The van der Waals surface area contributed by atoms with Crippen molar-refractivity contribution in [3.8, 4) is 17.0 Å². The van der Waals surface area contributed by atoms with E-state index in [0.29, 0.717) is 37.7 Å². The van der Waals surface area contributed by atoms with Gasteiger partial charge in [0.25, 0.3) is 0 Å². The Kier molecular flexibility index (Phi) is 5.46. The van der Waals surface area contributed by atoms with Crippen molar-refractivity contribution in [3.05, 3.63) is 65.9 Å². The number of fused-ring (bicyclic) bond motifs is 1. The molecule has 2 heterocycles. The Morgan fingerprint density at radius 1 is 1.17 bits per heavy atom. The molecular weight excluding hydrogens is 370 g/mol. The van der Waals surface area contributed by atoms with E-state index in [0.717, 1.165) is 11.3 Å². The maximum Gasteiger partial charge on any atom is 0.430 e. The van der Waals surface area contributed by atoms with Crippen LogP contribution in [0.25, 0.3) is 11.3 Å². The summed E-state index contributed by atoms with van der Waals surface area (Å²) < 4.78 is 7.49. The van der Waals surface area contributed by atoms with Gasteiger partial charge in [-0.15, -0.1) is 5.06 Å². The Hall–Kier alpha value is -3.36. The second-order valence-corrected chi connectivity index (χ2v) is 6.76. The number of hydrogen-bond acceptors (Lipinski definition) is 6. The van der Waals surface area contributed by atoms with Gasteiger partial charge >= 0.3 is 6.09 Å². The standard InChI is InChI=1S/C21H23N5O3/c1-25-19(8-10-23-25)18-12-17(6-7-20(18)28-11-9-22)24-21(27)29-26-13-15-4-2-3-5-16(15)14-26/h2-8,10,12H,9,11,13-14,22H2,1H3,(H,24,27). The molecule has 0 spiro atoms. The van der Waals surface area contributed by atoms with Gasteiger partial charge in [-0.1, -0.05) is 24.3 Å². The van der Waals surface area contributed by atoms with Gasteiger partial charge in [-0.3, -0.25) is 10.00 Å². The smallest absolute Gasteiger partial charge is 0.430 e. The first kappa shape index (κ1) is 19.0. The van der Waals surface area contributed by atoms with Crippen LogP contribution in [0.15, 0.2) is 54.7 Å². The molecule has 0 atom stereocenters. The van der Waals surface area contributed by atoms with E-state index in [9.17, 15) is 4.79 Å². The summed E-state index contributed by atoms with van der Waals surface area (Å²) in [6, 6.07) is 15.3. The van der Waals surface area contributed by atoms with Crippen LogP contribution in [0, 0.1) is 0 Å². The van der Waals surface area contributed by atoms with Crippen molar-refractivity contribution >= 4 is 11.8 Å². The van der Waals surface area contributed by atoms with Gasteiger partial charge < -0.3 is 15.3 Å². The molecule has 1 aromatic heterocycles. The number of aromatic nitrogens is 2. The zero-order valence-electron chi connectivity index (χ0n) is 16.2. The van der Waals surface area contributed by atoms with E-state index < -0.39 is 6.09 Å². The topological polar surface area (TPSA) is 94.6 Å². The third-order valence-electron chi connectivity index (χ3n) is 4.72. The lowest BCUT2D eigenvalue weighted by Gasteiger charge is -2.16. The van der Waals surface area contributed by atoms with Crippen LogP contribution in [0.1, 0.15) is 11.1 Å². The molecule has 3 N–H and O–H groups in total. The molecule has 150 valence electrons. The van der Waals surface area contributed by atoms with Crippen molar-refractivity contribution in [1.29, 1.82) is 0 Å². The zero-order valence-corrected chi connectivity index (χ0v) is 16.2. The molecule has 4 rings (SSSR count). The average molecular weight is 393 g/mol. The first-order valence-electron chi connectivity index (χ1n) is 9.40. The third kappa shape index (κ3) is 4.23. The summed E-state index contributed by atoms with van der Waals surface area (Å²) in [5.74, 6) is 0.674. The van der Waals surface area contributed by atoms with Crippen LogP contribution in [0.3, 0.4) is 0 Å². The first-order valence-corrected chi connectivity index (χ1v) is 9.40. The lowest BCUT2D eigenvalue weighted by atomic mass is 10.1. The molecule has 2 aromatic carbocycles. The van der Waals surface area contributed by atoms with Gasteiger partial charge in [0.2, 0.25) is 0 Å². The van der Waals surface area contributed by atoms with Gasteiger partial charge in [0.05, 0.1) is 18.8 Å². The minimum Gasteiger partial charge on any atom is -0.492 e. The number of anilines is 1. The highest BCUT2D eigenvalue weighted by molar-refractivity contribution is 5.86. The van der Waals surface area contributed by atoms with Crippen molar-refractivity contribution < 1.29 is 14.4 Å². The van der Waals surface area contributed by atoms with E-state index in [1.807, 2.05) is 43.4 Å². The van der Waals surface area contributed by atoms with Crippen LogP contribution in [0.4, 0.5) is 10.5 Å². The second kappa shape index (κ2) is 8.34. The Labute approximate surface area is 168 Å². The molecule has 0 saturated carbocycles. The second-order valence-electron chi connectivity index (χ2n) is 6.76. The van der Waals surface area contributed by atoms with Gasteiger partial charge in [-0.2, -0.15) is 5.10 Å². The molecule has 0 aliphatic carbocycles. The maximum atomic E-state index is 12.4. The third-order valence-corrected chi connectivity index (χ3v) is 4.72. The molecule has 0 unspecified atom stereocenters. The number of aryl methyl sites for hydroxylation is 1. The van der Waals surface area contributed by atoms with E-state index in [1.165, 1.54) is 11.1 Å². The summed E-state index contributed by atoms with van der Waals surface area (Å²) in [7, 11) is 1.85. The molecule has 0 bridgehead atoms. The summed E-state index contributed by atoms with van der Waals surface area (Å²) in [6.07, 6.45) is 1.17. The predicted molar refractivity (Wildman–Crippen MR) is 109 cm³/mol. The van der Waals surface area contributed by atoms with Crippen molar-refractivity contribution in [2.75, 3.05) is 18.5 Å². The lowest BCUT2D eigenvalue weighted by molar-refractivity contribution is -0.0996. The van der Waals surface area contributed by atoms with Crippen LogP contribution < -0.4 is 15.8 Å². The van der Waals surface area contributed by atoms with E-state index in [1.54, 1.807) is 28.1 Å².